The van der Waals surface area contributed by atoms with E-state index in [2.05, 4.69) is 20.6 Å². The van der Waals surface area contributed by atoms with Gasteiger partial charge >= 0.3 is 5.97 Å². The Hall–Kier alpha value is -2.63. The summed E-state index contributed by atoms with van der Waals surface area (Å²) in [5.74, 6) is -0.211. The molecule has 166 valence electrons. The van der Waals surface area contributed by atoms with E-state index in [0.717, 1.165) is 18.4 Å². The molecule has 0 amide bonds. The molecule has 11 heteroatoms. The van der Waals surface area contributed by atoms with E-state index in [4.69, 9.17) is 17.0 Å². The molecule has 1 saturated heterocycles. The Balaban J connectivity index is 1.55. The summed E-state index contributed by atoms with van der Waals surface area (Å²) in [5, 5.41) is 6.20. The van der Waals surface area contributed by atoms with Crippen molar-refractivity contribution in [3.63, 3.8) is 0 Å². The Morgan fingerprint density at radius 2 is 1.90 bits per heavy atom. The topological polar surface area (TPSA) is 114 Å². The molecule has 2 N–H and O–H groups in total. The molecule has 1 aromatic carbocycles. The lowest BCUT2D eigenvalue weighted by molar-refractivity contribution is 0.0524. The standard InChI is InChI=1S/C20H25N5O4S2/c1-3-29-18(26)17-13-21-19(23-14(17)2)24-20(30)22-12-15-6-8-16(9-7-15)31(27,28)25-10-4-5-11-25/h6-9,13H,3-5,10-12H2,1-2H3,(H2,21,22,23,24,30). The number of hydrogen-bond acceptors (Lipinski definition) is 7. The van der Waals surface area contributed by atoms with E-state index in [-0.39, 0.29) is 12.6 Å². The largest absolute Gasteiger partial charge is 0.462 e. The molecule has 31 heavy (non-hydrogen) atoms. The van der Waals surface area contributed by atoms with Crippen LogP contribution in [0.15, 0.2) is 35.4 Å². The van der Waals surface area contributed by atoms with Crippen LogP contribution in [0, 0.1) is 6.92 Å². The third-order valence-corrected chi connectivity index (χ3v) is 6.94. The Labute approximate surface area is 187 Å². The van der Waals surface area contributed by atoms with E-state index in [9.17, 15) is 13.2 Å². The van der Waals surface area contributed by atoms with Crippen LogP contribution in [-0.4, -0.2) is 53.5 Å². The van der Waals surface area contributed by atoms with Gasteiger partial charge in [0.1, 0.15) is 0 Å². The van der Waals surface area contributed by atoms with Gasteiger partial charge in [0.2, 0.25) is 16.0 Å². The maximum Gasteiger partial charge on any atom is 0.341 e. The smallest absolute Gasteiger partial charge is 0.341 e. The molecule has 1 aliphatic rings. The van der Waals surface area contributed by atoms with Crippen molar-refractivity contribution in [2.75, 3.05) is 25.0 Å². The fourth-order valence-corrected chi connectivity index (χ4v) is 4.80. The zero-order valence-corrected chi connectivity index (χ0v) is 19.1. The second-order valence-electron chi connectivity index (χ2n) is 6.98. The van der Waals surface area contributed by atoms with Crippen molar-refractivity contribution >= 4 is 39.3 Å². The molecule has 1 fully saturated rings. The number of esters is 1. The van der Waals surface area contributed by atoms with Crippen LogP contribution in [0.4, 0.5) is 5.95 Å². The molecule has 3 rings (SSSR count). The average molecular weight is 464 g/mol. The quantitative estimate of drug-likeness (QED) is 0.471. The van der Waals surface area contributed by atoms with Crippen molar-refractivity contribution in [1.82, 2.24) is 19.6 Å². The van der Waals surface area contributed by atoms with E-state index in [1.165, 1.54) is 10.5 Å². The van der Waals surface area contributed by atoms with Gasteiger partial charge in [-0.3, -0.25) is 0 Å². The van der Waals surface area contributed by atoms with Crippen molar-refractivity contribution in [2.24, 2.45) is 0 Å². The summed E-state index contributed by atoms with van der Waals surface area (Å²) in [5.41, 5.74) is 1.66. The normalized spacial score (nSPS) is 14.3. The number of carbonyl (C=O) groups excluding carboxylic acids is 1. The molecule has 0 aliphatic carbocycles. The first kappa shape index (κ1) is 23.0. The van der Waals surface area contributed by atoms with E-state index in [1.54, 1.807) is 38.1 Å². The van der Waals surface area contributed by atoms with Gasteiger partial charge in [0.05, 0.1) is 22.8 Å². The number of sulfonamides is 1. The van der Waals surface area contributed by atoms with Gasteiger partial charge in [-0.1, -0.05) is 12.1 Å². The monoisotopic (exact) mass is 463 g/mol. The van der Waals surface area contributed by atoms with Gasteiger partial charge in [-0.2, -0.15) is 4.31 Å². The number of nitrogens with zero attached hydrogens (tertiary/aromatic N) is 3. The molecule has 9 nitrogen and oxygen atoms in total. The van der Waals surface area contributed by atoms with Crippen molar-refractivity contribution in [3.05, 3.63) is 47.3 Å². The molecule has 1 aliphatic heterocycles. The molecular formula is C20H25N5O4S2. The highest BCUT2D eigenvalue weighted by Crippen LogP contribution is 2.21. The summed E-state index contributed by atoms with van der Waals surface area (Å²) in [6, 6.07) is 6.74. The zero-order chi connectivity index (χ0) is 22.4. The lowest BCUT2D eigenvalue weighted by atomic mass is 10.2. The fourth-order valence-electron chi connectivity index (χ4n) is 3.12. The number of thiocarbonyl (C=S) groups is 1. The van der Waals surface area contributed by atoms with Crippen molar-refractivity contribution in [3.8, 4) is 0 Å². The highest BCUT2D eigenvalue weighted by Gasteiger charge is 2.26. The second-order valence-corrected chi connectivity index (χ2v) is 9.32. The molecule has 2 aromatic rings. The molecule has 0 bridgehead atoms. The van der Waals surface area contributed by atoms with Gasteiger partial charge in [0.15, 0.2) is 5.11 Å². The van der Waals surface area contributed by atoms with Crippen molar-refractivity contribution in [1.29, 1.82) is 0 Å². The zero-order valence-electron chi connectivity index (χ0n) is 17.4. The molecule has 0 spiro atoms. The summed E-state index contributed by atoms with van der Waals surface area (Å²) >= 11 is 5.27. The van der Waals surface area contributed by atoms with E-state index in [1.807, 2.05) is 0 Å². The maximum absolute atomic E-state index is 12.6. The Bertz CT molecular complexity index is 1050. The van der Waals surface area contributed by atoms with Gasteiger partial charge in [-0.25, -0.2) is 23.2 Å². The van der Waals surface area contributed by atoms with Crippen LogP contribution in [0.3, 0.4) is 0 Å². The van der Waals surface area contributed by atoms with Gasteiger partial charge in [-0.05, 0) is 56.6 Å². The number of aromatic nitrogens is 2. The average Bonchev–Trinajstić information content (AvgIpc) is 3.29. The van der Waals surface area contributed by atoms with Crippen LogP contribution in [0.1, 0.15) is 41.4 Å². The van der Waals surface area contributed by atoms with E-state index in [0.29, 0.717) is 40.9 Å². The summed E-state index contributed by atoms with van der Waals surface area (Å²) in [4.78, 5) is 20.4. The first-order valence-electron chi connectivity index (χ1n) is 9.96. The molecule has 0 unspecified atom stereocenters. The number of nitrogens with one attached hydrogen (secondary N) is 2. The van der Waals surface area contributed by atoms with Crippen molar-refractivity contribution < 1.29 is 17.9 Å². The number of ether oxygens (including phenoxy) is 1. The third kappa shape index (κ3) is 5.75. The first-order valence-corrected chi connectivity index (χ1v) is 11.8. The number of benzene rings is 1. The Morgan fingerprint density at radius 3 is 2.52 bits per heavy atom. The Kier molecular flexibility index (Phi) is 7.52. The minimum Gasteiger partial charge on any atom is -0.462 e. The summed E-state index contributed by atoms with van der Waals surface area (Å²) in [6.45, 7) is 5.25. The van der Waals surface area contributed by atoms with Gasteiger partial charge < -0.3 is 15.4 Å². The molecule has 0 atom stereocenters. The number of hydrogen-bond donors (Lipinski definition) is 2. The van der Waals surface area contributed by atoms with Crippen LogP contribution >= 0.6 is 12.2 Å². The summed E-state index contributed by atoms with van der Waals surface area (Å²) in [7, 11) is -3.42. The molecule has 1 aromatic heterocycles. The SMILES string of the molecule is CCOC(=O)c1cnc(NC(=S)NCc2ccc(S(=O)(=O)N3CCCC3)cc2)nc1C. The van der Waals surface area contributed by atoms with Crippen LogP contribution < -0.4 is 10.6 Å². The molecule has 0 radical (unpaired) electrons. The highest BCUT2D eigenvalue weighted by atomic mass is 32.2. The summed E-state index contributed by atoms with van der Waals surface area (Å²) < 4.78 is 31.6. The highest BCUT2D eigenvalue weighted by molar-refractivity contribution is 7.89. The number of rotatable bonds is 7. The second kappa shape index (κ2) is 10.1. The maximum atomic E-state index is 12.6. The number of carbonyl (C=O) groups is 1. The number of anilines is 1. The molecule has 2 heterocycles. The predicted octanol–water partition coefficient (Wildman–Crippen LogP) is 2.23. The summed E-state index contributed by atoms with van der Waals surface area (Å²) in [6.07, 6.45) is 3.20. The van der Waals surface area contributed by atoms with E-state index >= 15 is 0 Å². The van der Waals surface area contributed by atoms with Gasteiger partial charge in [-0.15, -0.1) is 0 Å². The third-order valence-electron chi connectivity index (χ3n) is 4.78. The first-order chi connectivity index (χ1) is 14.8. The van der Waals surface area contributed by atoms with E-state index < -0.39 is 16.0 Å². The lowest BCUT2D eigenvalue weighted by Crippen LogP contribution is -2.29. The van der Waals surface area contributed by atoms with Gasteiger partial charge in [0, 0.05) is 25.8 Å². The Morgan fingerprint density at radius 1 is 1.23 bits per heavy atom. The lowest BCUT2D eigenvalue weighted by Gasteiger charge is -2.16. The minimum atomic E-state index is -3.42. The van der Waals surface area contributed by atoms with Gasteiger partial charge in [0.25, 0.3) is 0 Å². The van der Waals surface area contributed by atoms with Crippen LogP contribution in [0.5, 0.6) is 0 Å². The minimum absolute atomic E-state index is 0.259. The molecule has 0 saturated carbocycles. The van der Waals surface area contributed by atoms with Crippen LogP contribution in [-0.2, 0) is 21.3 Å². The fraction of sp³-hybridized carbons (Fsp3) is 0.400. The van der Waals surface area contributed by atoms with Crippen molar-refractivity contribution in [2.45, 2.75) is 38.1 Å². The van der Waals surface area contributed by atoms with Crippen LogP contribution in [0.2, 0.25) is 0 Å². The number of aryl methyl sites for hydroxylation is 1. The molecular weight excluding hydrogens is 438 g/mol. The van der Waals surface area contributed by atoms with Crippen LogP contribution in [0.25, 0.3) is 0 Å². The predicted molar refractivity (Wildman–Crippen MR) is 120 cm³/mol.